The van der Waals surface area contributed by atoms with Gasteiger partial charge in [-0.15, -0.1) is 11.3 Å². The van der Waals surface area contributed by atoms with Gasteiger partial charge < -0.3 is 15.5 Å². The smallest absolute Gasteiger partial charge is 0.225 e. The van der Waals surface area contributed by atoms with Crippen LogP contribution in [-0.4, -0.2) is 47.1 Å². The first-order valence-corrected chi connectivity index (χ1v) is 11.2. The molecule has 2 aromatic heterocycles. The first-order valence-electron chi connectivity index (χ1n) is 10.3. The van der Waals surface area contributed by atoms with Crippen LogP contribution in [0.3, 0.4) is 0 Å². The third kappa shape index (κ3) is 4.76. The highest BCUT2D eigenvalue weighted by molar-refractivity contribution is 7.13. The van der Waals surface area contributed by atoms with Gasteiger partial charge in [-0.25, -0.2) is 15.0 Å². The van der Waals surface area contributed by atoms with E-state index in [0.29, 0.717) is 5.92 Å². The van der Waals surface area contributed by atoms with E-state index < -0.39 is 0 Å². The Morgan fingerprint density at radius 1 is 1.30 bits per heavy atom. The number of hydrogen-bond donors (Lipinski definition) is 2. The van der Waals surface area contributed by atoms with Crippen molar-refractivity contribution in [2.24, 2.45) is 4.99 Å². The van der Waals surface area contributed by atoms with E-state index in [1.807, 2.05) is 18.3 Å². The molecule has 1 atom stereocenters. The summed E-state index contributed by atoms with van der Waals surface area (Å²) in [6.45, 7) is 11.3. The number of thiazole rings is 1. The van der Waals surface area contributed by atoms with Gasteiger partial charge in [-0.2, -0.15) is 0 Å². The third-order valence-corrected chi connectivity index (χ3v) is 6.00. The number of nitrogens with zero attached hydrogens (tertiary/aromatic N) is 5. The predicted octanol–water partition coefficient (Wildman–Crippen LogP) is 3.83. The maximum Gasteiger partial charge on any atom is 0.225 e. The zero-order valence-electron chi connectivity index (χ0n) is 17.0. The summed E-state index contributed by atoms with van der Waals surface area (Å²) in [4.78, 5) is 20.8. The minimum atomic E-state index is 0.363. The number of rotatable bonds is 6. The highest BCUT2D eigenvalue weighted by Crippen LogP contribution is 2.31. The number of aliphatic imine (C=N–C) groups is 1. The molecule has 2 N–H and O–H groups in total. The summed E-state index contributed by atoms with van der Waals surface area (Å²) in [7, 11) is 0. The fourth-order valence-corrected chi connectivity index (χ4v) is 4.49. The lowest BCUT2D eigenvalue weighted by Crippen LogP contribution is -2.36. The van der Waals surface area contributed by atoms with Gasteiger partial charge in [0.05, 0.1) is 11.4 Å². The molecule has 4 heterocycles. The molecule has 7 nitrogen and oxygen atoms in total. The molecule has 1 unspecified atom stereocenters. The number of piperidine rings is 1. The Kier molecular flexibility index (Phi) is 6.53. The van der Waals surface area contributed by atoms with E-state index in [1.165, 1.54) is 0 Å². The van der Waals surface area contributed by atoms with Crippen molar-refractivity contribution >= 4 is 33.9 Å². The van der Waals surface area contributed by atoms with Crippen LogP contribution < -0.4 is 15.5 Å². The normalized spacial score (nSPS) is 19.6. The molecular formula is C22H27N7S. The number of hydrogen-bond acceptors (Lipinski definition) is 8. The molecule has 2 aliphatic heterocycles. The Morgan fingerprint density at radius 3 is 3.03 bits per heavy atom. The fraction of sp³-hybridized carbons (Fsp3) is 0.364. The summed E-state index contributed by atoms with van der Waals surface area (Å²) < 4.78 is 0. The third-order valence-electron chi connectivity index (χ3n) is 5.22. The fourth-order valence-electron chi connectivity index (χ4n) is 3.70. The molecule has 0 saturated carbocycles. The van der Waals surface area contributed by atoms with Crippen molar-refractivity contribution in [1.82, 2.24) is 20.3 Å². The molecule has 0 spiro atoms. The molecule has 0 radical (unpaired) electrons. The minimum absolute atomic E-state index is 0.363. The molecule has 0 amide bonds. The van der Waals surface area contributed by atoms with Gasteiger partial charge in [0.2, 0.25) is 5.95 Å². The summed E-state index contributed by atoms with van der Waals surface area (Å²) in [6.07, 6.45) is 10.5. The van der Waals surface area contributed by atoms with Crippen molar-refractivity contribution in [2.45, 2.75) is 25.2 Å². The van der Waals surface area contributed by atoms with Gasteiger partial charge in [0.25, 0.3) is 0 Å². The van der Waals surface area contributed by atoms with Crippen molar-refractivity contribution in [3.05, 3.63) is 60.4 Å². The first kappa shape index (κ1) is 20.3. The number of guanidine groups is 1. The quantitative estimate of drug-likeness (QED) is 0.690. The molecule has 8 heteroatoms. The van der Waals surface area contributed by atoms with Gasteiger partial charge >= 0.3 is 0 Å². The Hall–Kier alpha value is -3.00. The molecule has 2 aromatic rings. The maximum atomic E-state index is 4.83. The van der Waals surface area contributed by atoms with Crippen LogP contribution in [0.1, 0.15) is 36.6 Å². The Balaban J connectivity index is 1.46. The van der Waals surface area contributed by atoms with Gasteiger partial charge in [-0.3, -0.25) is 4.99 Å². The molecule has 4 rings (SSSR count). The van der Waals surface area contributed by atoms with Gasteiger partial charge in [-0.1, -0.05) is 31.4 Å². The molecule has 30 heavy (non-hydrogen) atoms. The Labute approximate surface area is 181 Å². The van der Waals surface area contributed by atoms with Crippen LogP contribution in [-0.2, 0) is 0 Å². The number of allylic oxidation sites excluding steroid dienone is 4. The second kappa shape index (κ2) is 9.67. The predicted molar refractivity (Wildman–Crippen MR) is 125 cm³/mol. The maximum absolute atomic E-state index is 4.83. The highest BCUT2D eigenvalue weighted by Gasteiger charge is 2.25. The largest absolute Gasteiger partial charge is 0.356 e. The molecule has 0 bridgehead atoms. The van der Waals surface area contributed by atoms with E-state index in [0.717, 1.165) is 79.4 Å². The van der Waals surface area contributed by atoms with Crippen molar-refractivity contribution < 1.29 is 0 Å². The zero-order valence-corrected chi connectivity index (χ0v) is 17.9. The highest BCUT2D eigenvalue weighted by atomic mass is 32.1. The standard InChI is InChI=1S/C22H27N7S/c1-3-7-16(4-2)18-9-12-25-21(26-18)29-13-5-8-17(14-29)19-15-30-22(27-19)28-20-23-10-6-11-24-20/h3-4,7,9,12,15,17H,1-2,5-6,8,10-11,13-14H2,(H2,23,24,27,28)/b16-7+. The topological polar surface area (TPSA) is 78.3 Å². The minimum Gasteiger partial charge on any atom is -0.356 e. The zero-order chi connectivity index (χ0) is 20.8. The second-order valence-electron chi connectivity index (χ2n) is 7.30. The summed E-state index contributed by atoms with van der Waals surface area (Å²) in [5.74, 6) is 1.94. The summed E-state index contributed by atoms with van der Waals surface area (Å²) in [5.41, 5.74) is 2.92. The van der Waals surface area contributed by atoms with Crippen LogP contribution in [0.5, 0.6) is 0 Å². The molecular weight excluding hydrogens is 394 g/mol. The lowest BCUT2D eigenvalue weighted by molar-refractivity contribution is 0.497. The SMILES string of the molecule is C=C/C=C(\C=C)c1ccnc(N2CCCC(c3csc(NC4=NCCCN4)n3)C2)n1. The van der Waals surface area contributed by atoms with E-state index in [1.54, 1.807) is 23.5 Å². The summed E-state index contributed by atoms with van der Waals surface area (Å²) >= 11 is 1.63. The molecule has 0 aromatic carbocycles. The lowest BCUT2D eigenvalue weighted by atomic mass is 9.96. The van der Waals surface area contributed by atoms with Crippen LogP contribution in [0, 0.1) is 0 Å². The number of aromatic nitrogens is 3. The van der Waals surface area contributed by atoms with Crippen molar-refractivity contribution in [1.29, 1.82) is 0 Å². The van der Waals surface area contributed by atoms with Crippen LogP contribution in [0.4, 0.5) is 11.1 Å². The van der Waals surface area contributed by atoms with E-state index in [9.17, 15) is 0 Å². The Morgan fingerprint density at radius 2 is 2.23 bits per heavy atom. The van der Waals surface area contributed by atoms with E-state index in [4.69, 9.17) is 9.97 Å². The average molecular weight is 422 g/mol. The van der Waals surface area contributed by atoms with Gasteiger partial charge in [0, 0.05) is 43.7 Å². The van der Waals surface area contributed by atoms with Gasteiger partial charge in [-0.05, 0) is 30.9 Å². The monoisotopic (exact) mass is 421 g/mol. The molecule has 0 aliphatic carbocycles. The van der Waals surface area contributed by atoms with Crippen LogP contribution >= 0.6 is 11.3 Å². The van der Waals surface area contributed by atoms with Gasteiger partial charge in [0.15, 0.2) is 11.1 Å². The average Bonchev–Trinajstić information content (AvgIpc) is 3.27. The first-order chi connectivity index (χ1) is 14.8. The number of anilines is 2. The van der Waals surface area contributed by atoms with Crippen LogP contribution in [0.15, 0.2) is 54.0 Å². The van der Waals surface area contributed by atoms with Crippen molar-refractivity contribution in [3.63, 3.8) is 0 Å². The van der Waals surface area contributed by atoms with E-state index in [-0.39, 0.29) is 0 Å². The Bertz CT molecular complexity index is 962. The summed E-state index contributed by atoms with van der Waals surface area (Å²) in [5, 5.41) is 9.62. The molecule has 2 aliphatic rings. The lowest BCUT2D eigenvalue weighted by Gasteiger charge is -2.32. The van der Waals surface area contributed by atoms with E-state index >= 15 is 0 Å². The molecule has 1 saturated heterocycles. The van der Waals surface area contributed by atoms with E-state index in [2.05, 4.69) is 44.0 Å². The summed E-state index contributed by atoms with van der Waals surface area (Å²) in [6, 6.07) is 1.91. The second-order valence-corrected chi connectivity index (χ2v) is 8.16. The van der Waals surface area contributed by atoms with Gasteiger partial charge in [0.1, 0.15) is 0 Å². The van der Waals surface area contributed by atoms with Crippen molar-refractivity contribution in [3.8, 4) is 0 Å². The van der Waals surface area contributed by atoms with Crippen molar-refractivity contribution in [2.75, 3.05) is 36.4 Å². The molecule has 156 valence electrons. The van der Waals surface area contributed by atoms with Crippen LogP contribution in [0.25, 0.3) is 5.57 Å². The van der Waals surface area contributed by atoms with Crippen LogP contribution in [0.2, 0.25) is 0 Å². The number of nitrogens with one attached hydrogen (secondary N) is 2. The molecule has 1 fully saturated rings.